The second-order valence-corrected chi connectivity index (χ2v) is 5.62. The Morgan fingerprint density at radius 1 is 1.41 bits per heavy atom. The fraction of sp³-hybridized carbons (Fsp3) is 1.00. The van der Waals surface area contributed by atoms with Crippen LogP contribution in [0.5, 0.6) is 0 Å². The van der Waals surface area contributed by atoms with Crippen LogP contribution in [0.15, 0.2) is 0 Å². The van der Waals surface area contributed by atoms with Crippen molar-refractivity contribution in [1.82, 2.24) is 9.80 Å². The molecule has 1 rings (SSSR count). The zero-order chi connectivity index (χ0) is 12.9. The van der Waals surface area contributed by atoms with E-state index in [2.05, 4.69) is 30.7 Å². The maximum atomic E-state index is 9.26. The lowest BCUT2D eigenvalue weighted by Crippen LogP contribution is -2.51. The largest absolute Gasteiger partial charge is 0.394 e. The van der Waals surface area contributed by atoms with Crippen LogP contribution in [0.25, 0.3) is 0 Å². The van der Waals surface area contributed by atoms with Crippen LogP contribution in [0.2, 0.25) is 0 Å². The summed E-state index contributed by atoms with van der Waals surface area (Å²) in [6.07, 6.45) is 2.85. The Hall–Kier alpha value is -0.160. The molecule has 102 valence electrons. The average molecular weight is 243 g/mol. The van der Waals surface area contributed by atoms with Gasteiger partial charge in [0.05, 0.1) is 6.61 Å². The van der Waals surface area contributed by atoms with Gasteiger partial charge >= 0.3 is 0 Å². The van der Waals surface area contributed by atoms with E-state index in [1.807, 2.05) is 0 Å². The molecule has 0 aliphatic carbocycles. The molecule has 0 bridgehead atoms. The zero-order valence-electron chi connectivity index (χ0n) is 11.7. The molecule has 0 aromatic carbocycles. The lowest BCUT2D eigenvalue weighted by atomic mass is 9.92. The number of nitrogens with zero attached hydrogens (tertiary/aromatic N) is 2. The Bertz CT molecular complexity index is 219. The molecular formula is C13H29N3O. The van der Waals surface area contributed by atoms with Gasteiger partial charge in [0, 0.05) is 31.2 Å². The minimum Gasteiger partial charge on any atom is -0.394 e. The van der Waals surface area contributed by atoms with Crippen molar-refractivity contribution >= 4 is 0 Å². The lowest BCUT2D eigenvalue weighted by Gasteiger charge is -2.38. The SMILES string of the molecule is CCC(N)(CO)CCCN1CCN(C)CC1C. The summed E-state index contributed by atoms with van der Waals surface area (Å²) in [5, 5.41) is 9.26. The van der Waals surface area contributed by atoms with E-state index < -0.39 is 0 Å². The Kier molecular flexibility index (Phi) is 5.86. The molecule has 0 aromatic rings. The second kappa shape index (κ2) is 6.69. The molecule has 2 unspecified atom stereocenters. The van der Waals surface area contributed by atoms with Crippen LogP contribution in [0.3, 0.4) is 0 Å². The number of hydrogen-bond donors (Lipinski definition) is 2. The van der Waals surface area contributed by atoms with E-state index in [4.69, 9.17) is 5.73 Å². The quantitative estimate of drug-likeness (QED) is 0.713. The first-order valence-electron chi connectivity index (χ1n) is 6.83. The van der Waals surface area contributed by atoms with Gasteiger partial charge in [0.25, 0.3) is 0 Å². The minimum absolute atomic E-state index is 0.0990. The lowest BCUT2D eigenvalue weighted by molar-refractivity contribution is 0.0933. The van der Waals surface area contributed by atoms with Crippen molar-refractivity contribution in [2.24, 2.45) is 5.73 Å². The Balaban J connectivity index is 2.26. The molecule has 4 nitrogen and oxygen atoms in total. The number of nitrogens with two attached hydrogens (primary N) is 1. The first-order chi connectivity index (χ1) is 8.00. The summed E-state index contributed by atoms with van der Waals surface area (Å²) in [5.41, 5.74) is 5.73. The van der Waals surface area contributed by atoms with Crippen LogP contribution in [-0.2, 0) is 0 Å². The highest BCUT2D eigenvalue weighted by Gasteiger charge is 2.24. The molecule has 2 atom stereocenters. The van der Waals surface area contributed by atoms with E-state index in [9.17, 15) is 5.11 Å². The summed E-state index contributed by atoms with van der Waals surface area (Å²) in [7, 11) is 2.18. The summed E-state index contributed by atoms with van der Waals surface area (Å²) in [6, 6.07) is 0.636. The molecule has 3 N–H and O–H groups in total. The molecule has 1 aliphatic heterocycles. The summed E-state index contributed by atoms with van der Waals surface area (Å²) >= 11 is 0. The molecule has 1 aliphatic rings. The average Bonchev–Trinajstić information content (AvgIpc) is 2.32. The van der Waals surface area contributed by atoms with Gasteiger partial charge in [-0.15, -0.1) is 0 Å². The summed E-state index contributed by atoms with van der Waals surface area (Å²) < 4.78 is 0. The third-order valence-corrected chi connectivity index (χ3v) is 4.11. The Morgan fingerprint density at radius 2 is 2.12 bits per heavy atom. The first-order valence-corrected chi connectivity index (χ1v) is 6.83. The molecule has 0 aromatic heterocycles. The van der Waals surface area contributed by atoms with Crippen LogP contribution < -0.4 is 5.73 Å². The van der Waals surface area contributed by atoms with Gasteiger partial charge in [-0.2, -0.15) is 0 Å². The van der Waals surface area contributed by atoms with Gasteiger partial charge < -0.3 is 15.7 Å². The van der Waals surface area contributed by atoms with Crippen LogP contribution in [-0.4, -0.2) is 66.3 Å². The fourth-order valence-electron chi connectivity index (χ4n) is 2.51. The molecule has 0 radical (unpaired) electrons. The molecule has 0 saturated carbocycles. The Labute approximate surface area is 106 Å². The van der Waals surface area contributed by atoms with Gasteiger partial charge in [0.2, 0.25) is 0 Å². The molecule has 1 saturated heterocycles. The third kappa shape index (κ3) is 4.54. The van der Waals surface area contributed by atoms with Crippen molar-refractivity contribution < 1.29 is 5.11 Å². The molecule has 0 spiro atoms. The van der Waals surface area contributed by atoms with Gasteiger partial charge in [0.15, 0.2) is 0 Å². The third-order valence-electron chi connectivity index (χ3n) is 4.11. The van der Waals surface area contributed by atoms with Gasteiger partial charge in [-0.05, 0) is 39.8 Å². The molecule has 17 heavy (non-hydrogen) atoms. The molecule has 4 heteroatoms. The number of aliphatic hydroxyl groups excluding tert-OH is 1. The molecule has 0 amide bonds. The van der Waals surface area contributed by atoms with E-state index >= 15 is 0 Å². The minimum atomic E-state index is -0.365. The Morgan fingerprint density at radius 3 is 2.65 bits per heavy atom. The van der Waals surface area contributed by atoms with Gasteiger partial charge in [-0.3, -0.25) is 4.90 Å². The number of rotatable bonds is 6. The van der Waals surface area contributed by atoms with E-state index in [1.54, 1.807) is 0 Å². The van der Waals surface area contributed by atoms with E-state index in [1.165, 1.54) is 0 Å². The van der Waals surface area contributed by atoms with Crippen molar-refractivity contribution in [3.8, 4) is 0 Å². The van der Waals surface area contributed by atoms with Crippen molar-refractivity contribution in [2.45, 2.75) is 44.7 Å². The summed E-state index contributed by atoms with van der Waals surface area (Å²) in [5.74, 6) is 0. The van der Waals surface area contributed by atoms with Crippen LogP contribution in [0, 0.1) is 0 Å². The van der Waals surface area contributed by atoms with Gasteiger partial charge in [-0.25, -0.2) is 0 Å². The molecule has 1 heterocycles. The number of hydrogen-bond acceptors (Lipinski definition) is 4. The maximum Gasteiger partial charge on any atom is 0.0611 e. The summed E-state index contributed by atoms with van der Waals surface area (Å²) in [4.78, 5) is 4.92. The highest BCUT2D eigenvalue weighted by atomic mass is 16.3. The summed E-state index contributed by atoms with van der Waals surface area (Å²) in [6.45, 7) is 9.01. The van der Waals surface area contributed by atoms with Crippen molar-refractivity contribution in [3.63, 3.8) is 0 Å². The van der Waals surface area contributed by atoms with Gasteiger partial charge in [0.1, 0.15) is 0 Å². The van der Waals surface area contributed by atoms with E-state index in [0.717, 1.165) is 45.4 Å². The van der Waals surface area contributed by atoms with Crippen molar-refractivity contribution in [2.75, 3.05) is 39.8 Å². The smallest absolute Gasteiger partial charge is 0.0611 e. The van der Waals surface area contributed by atoms with E-state index in [0.29, 0.717) is 6.04 Å². The normalized spacial score (nSPS) is 27.0. The number of likely N-dealkylation sites (N-methyl/N-ethyl adjacent to an activating group) is 1. The van der Waals surface area contributed by atoms with Gasteiger partial charge in [-0.1, -0.05) is 6.92 Å². The first kappa shape index (κ1) is 14.9. The fourth-order valence-corrected chi connectivity index (χ4v) is 2.51. The predicted molar refractivity (Wildman–Crippen MR) is 72.1 cm³/mol. The standard InChI is InChI=1S/C13H29N3O/c1-4-13(14,11-17)6-5-7-16-9-8-15(3)10-12(16)2/h12,17H,4-11,14H2,1-3H3. The highest BCUT2D eigenvalue weighted by molar-refractivity contribution is 4.83. The van der Waals surface area contributed by atoms with Crippen molar-refractivity contribution in [3.05, 3.63) is 0 Å². The topological polar surface area (TPSA) is 52.7 Å². The highest BCUT2D eigenvalue weighted by Crippen LogP contribution is 2.15. The van der Waals surface area contributed by atoms with Crippen LogP contribution in [0.1, 0.15) is 33.1 Å². The monoisotopic (exact) mass is 243 g/mol. The number of aliphatic hydroxyl groups is 1. The number of piperazine rings is 1. The van der Waals surface area contributed by atoms with E-state index in [-0.39, 0.29) is 12.1 Å². The predicted octanol–water partition coefficient (Wildman–Crippen LogP) is 0.502. The van der Waals surface area contributed by atoms with Crippen LogP contribution in [0.4, 0.5) is 0 Å². The zero-order valence-corrected chi connectivity index (χ0v) is 11.7. The molecular weight excluding hydrogens is 214 g/mol. The van der Waals surface area contributed by atoms with Crippen LogP contribution >= 0.6 is 0 Å². The van der Waals surface area contributed by atoms with Crippen molar-refractivity contribution in [1.29, 1.82) is 0 Å². The maximum absolute atomic E-state index is 9.26. The molecule has 1 fully saturated rings. The second-order valence-electron chi connectivity index (χ2n) is 5.62.